The highest BCUT2D eigenvalue weighted by atomic mass is 16.5. The highest BCUT2D eigenvalue weighted by Gasteiger charge is 2.45. The number of carbonyl (C=O) groups excluding carboxylic acids is 6. The van der Waals surface area contributed by atoms with Crippen LogP contribution < -0.4 is 32.3 Å². The lowest BCUT2D eigenvalue weighted by molar-refractivity contribution is -0.136. The maximum atomic E-state index is 13.2. The van der Waals surface area contributed by atoms with Gasteiger partial charge in [0.05, 0.1) is 49.8 Å². The zero-order valence-corrected chi connectivity index (χ0v) is 31.5. The first-order valence-electron chi connectivity index (χ1n) is 19.0. The van der Waals surface area contributed by atoms with Crippen LogP contribution in [0.3, 0.4) is 0 Å². The Labute approximate surface area is 331 Å². The molecule has 2 fully saturated rings. The first-order chi connectivity index (χ1) is 28.2. The molecule has 20 nitrogen and oxygen atoms in total. The van der Waals surface area contributed by atoms with Gasteiger partial charge in [-0.3, -0.25) is 43.7 Å². The molecule has 7 rings (SSSR count). The molecule has 1 atom stereocenters. The predicted octanol–water partition coefficient (Wildman–Crippen LogP) is 1.24. The smallest absolute Gasteiger partial charge is 0.277 e. The van der Waals surface area contributed by atoms with Gasteiger partial charge in [0.25, 0.3) is 23.6 Å². The number of primary amides is 1. The molecule has 2 aliphatic heterocycles. The molecule has 20 heteroatoms. The Bertz CT molecular complexity index is 2200. The van der Waals surface area contributed by atoms with Gasteiger partial charge in [0.15, 0.2) is 11.4 Å². The van der Waals surface area contributed by atoms with E-state index in [1.165, 1.54) is 36.0 Å². The quantitative estimate of drug-likeness (QED) is 0.0512. The SMILES string of the molecule is NC(=O)c1nn(CCNCCOCCOCCNc2cccc3c2C(=O)N(C2CCC(=O)NC2=O)C3=O)cc1NC(=O)c1coc(-c2ccnc(NCC3CC3)c2)n1. The molecule has 1 saturated carbocycles. The van der Waals surface area contributed by atoms with Crippen LogP contribution in [0.4, 0.5) is 17.2 Å². The van der Waals surface area contributed by atoms with Crippen LogP contribution in [0.25, 0.3) is 11.5 Å². The van der Waals surface area contributed by atoms with Gasteiger partial charge in [-0.1, -0.05) is 6.07 Å². The number of hydrogen-bond acceptors (Lipinski definition) is 15. The molecule has 1 aliphatic carbocycles. The van der Waals surface area contributed by atoms with Crippen molar-refractivity contribution in [2.45, 2.75) is 38.3 Å². The van der Waals surface area contributed by atoms with E-state index in [1.807, 2.05) is 0 Å². The number of carbonyl (C=O) groups is 6. The average molecular weight is 798 g/mol. The van der Waals surface area contributed by atoms with Crippen molar-refractivity contribution >= 4 is 52.6 Å². The minimum Gasteiger partial charge on any atom is -0.444 e. The van der Waals surface area contributed by atoms with Gasteiger partial charge in [-0.15, -0.1) is 0 Å². The predicted molar refractivity (Wildman–Crippen MR) is 206 cm³/mol. The third-order valence-electron chi connectivity index (χ3n) is 9.60. The molecule has 7 N–H and O–H groups in total. The van der Waals surface area contributed by atoms with Crippen LogP contribution in [0.1, 0.15) is 67.4 Å². The third kappa shape index (κ3) is 9.53. The molecule has 58 heavy (non-hydrogen) atoms. The van der Waals surface area contributed by atoms with Crippen LogP contribution in [0.5, 0.6) is 0 Å². The molecule has 1 unspecified atom stereocenters. The van der Waals surface area contributed by atoms with E-state index >= 15 is 0 Å². The summed E-state index contributed by atoms with van der Waals surface area (Å²) in [6.45, 7) is 3.96. The minimum atomic E-state index is -1.03. The van der Waals surface area contributed by atoms with E-state index in [9.17, 15) is 28.8 Å². The minimum absolute atomic E-state index is 0.0132. The lowest BCUT2D eigenvalue weighted by Gasteiger charge is -2.27. The number of fused-ring (bicyclic) bond motifs is 1. The summed E-state index contributed by atoms with van der Waals surface area (Å²) in [5.41, 5.74) is 7.09. The second kappa shape index (κ2) is 18.2. The zero-order valence-electron chi connectivity index (χ0n) is 31.5. The van der Waals surface area contributed by atoms with E-state index in [4.69, 9.17) is 19.6 Å². The lowest BCUT2D eigenvalue weighted by Crippen LogP contribution is -2.54. The van der Waals surface area contributed by atoms with Crippen LogP contribution in [0, 0.1) is 5.92 Å². The van der Waals surface area contributed by atoms with Crippen LogP contribution in [-0.2, 0) is 25.6 Å². The average Bonchev–Trinajstić information content (AvgIpc) is 3.63. The highest BCUT2D eigenvalue weighted by molar-refractivity contribution is 6.25. The summed E-state index contributed by atoms with van der Waals surface area (Å²) >= 11 is 0. The standard InChI is InChI=1S/C38H43N11O9/c39-33(51)32-26(44-34(52)27-21-58-36(45-27)23-8-9-42-29(18-23)43-19-22-4-5-22)20-48(47-32)13-10-40-11-14-56-16-17-57-15-12-41-25-3-1-2-24-31(25)38(55)49(37(24)54)28-6-7-30(50)46-35(28)53/h1-3,8-9,18,20-22,28,40-41H,4-7,10-17,19H2,(H2,39,51)(H,42,43)(H,44,52)(H,46,50,53). The number of imide groups is 2. The number of aromatic nitrogens is 4. The molecule has 0 radical (unpaired) electrons. The Hall–Kier alpha value is -6.51. The van der Waals surface area contributed by atoms with Gasteiger partial charge in [-0.2, -0.15) is 5.10 Å². The van der Waals surface area contributed by atoms with Gasteiger partial charge >= 0.3 is 0 Å². The fraction of sp³-hybridized carbons (Fsp3) is 0.395. The van der Waals surface area contributed by atoms with E-state index < -0.39 is 41.5 Å². The molecule has 0 spiro atoms. The van der Waals surface area contributed by atoms with E-state index in [-0.39, 0.29) is 46.9 Å². The van der Waals surface area contributed by atoms with Crippen molar-refractivity contribution in [2.24, 2.45) is 11.7 Å². The van der Waals surface area contributed by atoms with Crippen LogP contribution in [0.15, 0.2) is 53.4 Å². The first kappa shape index (κ1) is 39.7. The fourth-order valence-corrected chi connectivity index (χ4v) is 6.44. The zero-order chi connectivity index (χ0) is 40.6. The molecule has 3 aliphatic rings. The summed E-state index contributed by atoms with van der Waals surface area (Å²) in [6, 6.07) is 7.37. The highest BCUT2D eigenvalue weighted by Crippen LogP contribution is 2.32. The van der Waals surface area contributed by atoms with Gasteiger partial charge in [0, 0.05) is 56.2 Å². The molecule has 0 bridgehead atoms. The normalized spacial score (nSPS) is 16.3. The summed E-state index contributed by atoms with van der Waals surface area (Å²) in [5, 5.41) is 18.7. The largest absolute Gasteiger partial charge is 0.444 e. The number of anilines is 3. The molecular formula is C38H43N11O9. The number of nitrogens with zero attached hydrogens (tertiary/aromatic N) is 5. The Morgan fingerprint density at radius 2 is 1.76 bits per heavy atom. The number of nitrogens with one attached hydrogen (secondary N) is 5. The fourth-order valence-electron chi connectivity index (χ4n) is 6.44. The number of nitrogens with two attached hydrogens (primary N) is 1. The van der Waals surface area contributed by atoms with Gasteiger partial charge in [-0.25, -0.2) is 9.97 Å². The van der Waals surface area contributed by atoms with Crippen molar-refractivity contribution in [3.63, 3.8) is 0 Å². The first-order valence-corrected chi connectivity index (χ1v) is 19.0. The van der Waals surface area contributed by atoms with Crippen molar-refractivity contribution in [3.8, 4) is 11.5 Å². The lowest BCUT2D eigenvalue weighted by atomic mass is 10.0. The summed E-state index contributed by atoms with van der Waals surface area (Å²) in [5.74, 6) is -2.02. The maximum absolute atomic E-state index is 13.2. The van der Waals surface area contributed by atoms with E-state index in [0.717, 1.165) is 11.4 Å². The van der Waals surface area contributed by atoms with Gasteiger partial charge in [0.1, 0.15) is 18.1 Å². The number of piperidine rings is 1. The molecule has 5 heterocycles. The summed E-state index contributed by atoms with van der Waals surface area (Å²) in [4.78, 5) is 84.8. The number of hydrogen-bond donors (Lipinski definition) is 6. The van der Waals surface area contributed by atoms with Gasteiger partial charge in [0.2, 0.25) is 17.7 Å². The molecule has 4 aromatic rings. The maximum Gasteiger partial charge on any atom is 0.277 e. The second-order valence-corrected chi connectivity index (χ2v) is 13.8. The number of ether oxygens (including phenoxy) is 2. The van der Waals surface area contributed by atoms with E-state index in [2.05, 4.69) is 41.7 Å². The van der Waals surface area contributed by atoms with Crippen LogP contribution >= 0.6 is 0 Å². The summed E-state index contributed by atoms with van der Waals surface area (Å²) < 4.78 is 18.3. The Morgan fingerprint density at radius 1 is 0.948 bits per heavy atom. The Morgan fingerprint density at radius 3 is 2.53 bits per heavy atom. The van der Waals surface area contributed by atoms with Crippen molar-refractivity contribution < 1.29 is 42.7 Å². The topological polar surface area (TPSA) is 267 Å². The number of amides is 6. The number of oxazole rings is 1. The van der Waals surface area contributed by atoms with Crippen molar-refractivity contribution in [1.82, 2.24) is 35.3 Å². The van der Waals surface area contributed by atoms with Crippen molar-refractivity contribution in [1.29, 1.82) is 0 Å². The van der Waals surface area contributed by atoms with Crippen LogP contribution in [0.2, 0.25) is 0 Å². The molecule has 1 saturated heterocycles. The van der Waals surface area contributed by atoms with E-state index in [0.29, 0.717) is 75.6 Å². The second-order valence-electron chi connectivity index (χ2n) is 13.8. The van der Waals surface area contributed by atoms with Crippen LogP contribution in [-0.4, -0.2) is 119 Å². The molecule has 6 amide bonds. The Kier molecular flexibility index (Phi) is 12.4. The number of rotatable bonds is 21. The summed E-state index contributed by atoms with van der Waals surface area (Å²) in [7, 11) is 0. The third-order valence-corrected chi connectivity index (χ3v) is 9.60. The molecule has 3 aromatic heterocycles. The Balaban J connectivity index is 0.774. The molecule has 304 valence electrons. The monoisotopic (exact) mass is 797 g/mol. The van der Waals surface area contributed by atoms with Crippen molar-refractivity contribution in [3.05, 3.63) is 71.5 Å². The van der Waals surface area contributed by atoms with Crippen molar-refractivity contribution in [2.75, 3.05) is 68.6 Å². The van der Waals surface area contributed by atoms with Gasteiger partial charge < -0.3 is 40.9 Å². The van der Waals surface area contributed by atoms with E-state index in [1.54, 1.807) is 30.5 Å². The van der Waals surface area contributed by atoms with Gasteiger partial charge in [-0.05, 0) is 49.4 Å². The molecule has 1 aromatic carbocycles. The summed E-state index contributed by atoms with van der Waals surface area (Å²) in [6.07, 6.45) is 6.95. The number of pyridine rings is 1. The number of benzene rings is 1. The molecular weight excluding hydrogens is 754 g/mol.